The summed E-state index contributed by atoms with van der Waals surface area (Å²) < 4.78 is 26.2. The van der Waals surface area contributed by atoms with Gasteiger partial charge in [-0.1, -0.05) is 0 Å². The molecule has 2 aromatic rings. The predicted octanol–water partition coefficient (Wildman–Crippen LogP) is 1.27. The lowest BCUT2D eigenvalue weighted by molar-refractivity contribution is 0.582. The van der Waals surface area contributed by atoms with Crippen molar-refractivity contribution in [2.45, 2.75) is 11.4 Å². The van der Waals surface area contributed by atoms with Crippen LogP contribution in [0, 0.1) is 0 Å². The Balaban J connectivity index is 1.77. The van der Waals surface area contributed by atoms with Crippen LogP contribution in [0.15, 0.2) is 47.8 Å². The van der Waals surface area contributed by atoms with Crippen molar-refractivity contribution in [3.63, 3.8) is 0 Å². The topological polar surface area (TPSA) is 98.0 Å². The molecule has 1 aromatic heterocycles. The Kier molecular flexibility index (Phi) is 5.54. The zero-order chi connectivity index (χ0) is 15.1. The minimum Gasteiger partial charge on any atom is -0.399 e. The molecular formula is C13H16N4O2S2. The van der Waals surface area contributed by atoms with E-state index in [9.17, 15) is 8.42 Å². The van der Waals surface area contributed by atoms with Crippen LogP contribution in [0.4, 0.5) is 5.69 Å². The van der Waals surface area contributed by atoms with Gasteiger partial charge in [-0.3, -0.25) is 0 Å². The van der Waals surface area contributed by atoms with E-state index in [1.807, 2.05) is 12.1 Å². The average Bonchev–Trinajstić information content (AvgIpc) is 2.48. The third-order valence-corrected chi connectivity index (χ3v) is 5.22. The SMILES string of the molecule is Nc1ccc(SCCS(=O)(=O)NCc2ccncn2)cc1. The number of rotatable bonds is 7. The summed E-state index contributed by atoms with van der Waals surface area (Å²) in [5, 5.41) is 0. The predicted molar refractivity (Wildman–Crippen MR) is 84.2 cm³/mol. The number of benzene rings is 1. The van der Waals surface area contributed by atoms with Crippen molar-refractivity contribution in [2.75, 3.05) is 17.2 Å². The van der Waals surface area contributed by atoms with Gasteiger partial charge in [-0.05, 0) is 30.3 Å². The minimum absolute atomic E-state index is 0.0487. The summed E-state index contributed by atoms with van der Waals surface area (Å²) in [6, 6.07) is 9.02. The molecular weight excluding hydrogens is 308 g/mol. The maximum Gasteiger partial charge on any atom is 0.212 e. The zero-order valence-corrected chi connectivity index (χ0v) is 12.9. The molecule has 112 valence electrons. The van der Waals surface area contributed by atoms with Crippen LogP contribution < -0.4 is 10.5 Å². The van der Waals surface area contributed by atoms with Gasteiger partial charge in [0, 0.05) is 22.5 Å². The fourth-order valence-corrected chi connectivity index (χ4v) is 3.80. The highest BCUT2D eigenvalue weighted by Crippen LogP contribution is 2.19. The van der Waals surface area contributed by atoms with Crippen LogP contribution in [0.2, 0.25) is 0 Å². The van der Waals surface area contributed by atoms with E-state index in [0.29, 0.717) is 17.1 Å². The smallest absolute Gasteiger partial charge is 0.212 e. The number of nitrogens with one attached hydrogen (secondary N) is 1. The Labute approximate surface area is 128 Å². The lowest BCUT2D eigenvalue weighted by Crippen LogP contribution is -2.27. The average molecular weight is 324 g/mol. The summed E-state index contributed by atoms with van der Waals surface area (Å²) in [5.74, 6) is 0.524. The third-order valence-electron chi connectivity index (χ3n) is 2.62. The van der Waals surface area contributed by atoms with E-state index in [1.165, 1.54) is 18.1 Å². The second kappa shape index (κ2) is 7.39. The van der Waals surface area contributed by atoms with Crippen molar-refractivity contribution in [3.05, 3.63) is 48.5 Å². The number of thioether (sulfide) groups is 1. The van der Waals surface area contributed by atoms with Gasteiger partial charge in [-0.2, -0.15) is 0 Å². The first kappa shape index (κ1) is 15.7. The van der Waals surface area contributed by atoms with Crippen molar-refractivity contribution < 1.29 is 8.42 Å². The number of nitrogens with two attached hydrogens (primary N) is 1. The molecule has 0 radical (unpaired) electrons. The maximum absolute atomic E-state index is 11.9. The molecule has 0 fully saturated rings. The van der Waals surface area contributed by atoms with Crippen molar-refractivity contribution in [1.29, 1.82) is 0 Å². The van der Waals surface area contributed by atoms with E-state index in [1.54, 1.807) is 24.4 Å². The number of hydrogen-bond donors (Lipinski definition) is 2. The molecule has 0 aliphatic heterocycles. The van der Waals surface area contributed by atoms with E-state index in [-0.39, 0.29) is 12.3 Å². The van der Waals surface area contributed by atoms with Crippen LogP contribution in [0.25, 0.3) is 0 Å². The van der Waals surface area contributed by atoms with Gasteiger partial charge in [0.2, 0.25) is 10.0 Å². The van der Waals surface area contributed by atoms with Crippen LogP contribution in [-0.4, -0.2) is 29.9 Å². The molecule has 21 heavy (non-hydrogen) atoms. The highest BCUT2D eigenvalue weighted by Gasteiger charge is 2.10. The van der Waals surface area contributed by atoms with E-state index in [0.717, 1.165) is 4.90 Å². The highest BCUT2D eigenvalue weighted by atomic mass is 32.2. The summed E-state index contributed by atoms with van der Waals surface area (Å²) >= 11 is 1.48. The van der Waals surface area contributed by atoms with Gasteiger partial charge in [-0.25, -0.2) is 23.1 Å². The number of anilines is 1. The monoisotopic (exact) mass is 324 g/mol. The molecule has 3 N–H and O–H groups in total. The number of sulfonamides is 1. The summed E-state index contributed by atoms with van der Waals surface area (Å²) in [7, 11) is -3.31. The quantitative estimate of drug-likeness (QED) is 0.588. The molecule has 0 unspecified atom stereocenters. The maximum atomic E-state index is 11.9. The molecule has 0 atom stereocenters. The largest absolute Gasteiger partial charge is 0.399 e. The zero-order valence-electron chi connectivity index (χ0n) is 11.3. The molecule has 0 aliphatic carbocycles. The molecule has 6 nitrogen and oxygen atoms in total. The Morgan fingerprint density at radius 1 is 1.19 bits per heavy atom. The first-order valence-corrected chi connectivity index (χ1v) is 8.89. The van der Waals surface area contributed by atoms with Crippen LogP contribution in [0.3, 0.4) is 0 Å². The second-order valence-corrected chi connectivity index (χ2v) is 7.35. The van der Waals surface area contributed by atoms with Crippen molar-refractivity contribution >= 4 is 27.5 Å². The molecule has 1 heterocycles. The normalized spacial score (nSPS) is 11.4. The third kappa shape index (κ3) is 5.70. The van der Waals surface area contributed by atoms with Crippen LogP contribution >= 0.6 is 11.8 Å². The lowest BCUT2D eigenvalue weighted by atomic mass is 10.3. The Hall–Kier alpha value is -1.64. The number of aromatic nitrogens is 2. The second-order valence-electron chi connectivity index (χ2n) is 4.26. The van der Waals surface area contributed by atoms with Gasteiger partial charge in [-0.15, -0.1) is 11.8 Å². The van der Waals surface area contributed by atoms with E-state index in [4.69, 9.17) is 5.73 Å². The first-order valence-electron chi connectivity index (χ1n) is 6.26. The van der Waals surface area contributed by atoms with Crippen molar-refractivity contribution in [3.8, 4) is 0 Å². The van der Waals surface area contributed by atoms with Crippen molar-refractivity contribution in [1.82, 2.24) is 14.7 Å². The highest BCUT2D eigenvalue weighted by molar-refractivity contribution is 8.00. The molecule has 0 spiro atoms. The number of nitrogen functional groups attached to an aromatic ring is 1. The summed E-state index contributed by atoms with van der Waals surface area (Å²) in [6.45, 7) is 0.178. The van der Waals surface area contributed by atoms with E-state index in [2.05, 4.69) is 14.7 Å². The molecule has 0 saturated heterocycles. The summed E-state index contributed by atoms with van der Waals surface area (Å²) in [6.07, 6.45) is 2.97. The van der Waals surface area contributed by atoms with E-state index < -0.39 is 10.0 Å². The summed E-state index contributed by atoms with van der Waals surface area (Å²) in [4.78, 5) is 8.74. The Bertz CT molecular complexity index is 660. The van der Waals surface area contributed by atoms with Crippen LogP contribution in [0.5, 0.6) is 0 Å². The molecule has 0 bridgehead atoms. The van der Waals surface area contributed by atoms with E-state index >= 15 is 0 Å². The first-order chi connectivity index (χ1) is 10.1. The van der Waals surface area contributed by atoms with Crippen molar-refractivity contribution in [2.24, 2.45) is 0 Å². The van der Waals surface area contributed by atoms with Gasteiger partial charge >= 0.3 is 0 Å². The summed E-state index contributed by atoms with van der Waals surface area (Å²) in [5.41, 5.74) is 6.93. The van der Waals surface area contributed by atoms with Crippen LogP contribution in [0.1, 0.15) is 5.69 Å². The fraction of sp³-hybridized carbons (Fsp3) is 0.231. The fourth-order valence-electron chi connectivity index (χ4n) is 1.51. The molecule has 0 aliphatic rings. The molecule has 1 aromatic carbocycles. The molecule has 0 amide bonds. The molecule has 2 rings (SSSR count). The number of hydrogen-bond acceptors (Lipinski definition) is 6. The molecule has 0 saturated carbocycles. The standard InChI is InChI=1S/C13H16N4O2S2/c14-11-1-3-13(4-2-11)20-7-8-21(18,19)17-9-12-5-6-15-10-16-12/h1-6,10,17H,7-9,14H2. The Morgan fingerprint density at radius 3 is 2.62 bits per heavy atom. The number of nitrogens with zero attached hydrogens (tertiary/aromatic N) is 2. The van der Waals surface area contributed by atoms with Gasteiger partial charge in [0.15, 0.2) is 0 Å². The molecule has 8 heteroatoms. The van der Waals surface area contributed by atoms with Gasteiger partial charge < -0.3 is 5.73 Å². The van der Waals surface area contributed by atoms with Gasteiger partial charge in [0.05, 0.1) is 18.0 Å². The Morgan fingerprint density at radius 2 is 1.95 bits per heavy atom. The lowest BCUT2D eigenvalue weighted by Gasteiger charge is -2.06. The van der Waals surface area contributed by atoms with Gasteiger partial charge in [0.1, 0.15) is 6.33 Å². The van der Waals surface area contributed by atoms with Gasteiger partial charge in [0.25, 0.3) is 0 Å². The van der Waals surface area contributed by atoms with Crippen LogP contribution in [-0.2, 0) is 16.6 Å². The minimum atomic E-state index is -3.31.